The Morgan fingerprint density at radius 3 is 2.30 bits per heavy atom. The van der Waals surface area contributed by atoms with Crippen molar-refractivity contribution in [2.45, 2.75) is 33.1 Å². The third-order valence-corrected chi connectivity index (χ3v) is 4.13. The monoisotopic (exact) mass is 372 g/mol. The molecule has 0 aromatic heterocycles. The molecule has 0 bridgehead atoms. The van der Waals surface area contributed by atoms with Crippen LogP contribution in [0.4, 0.5) is 17.1 Å². The summed E-state index contributed by atoms with van der Waals surface area (Å²) in [6.07, 6.45) is 2.52. The Bertz CT molecular complexity index is 761. The second kappa shape index (κ2) is 9.33. The molecule has 1 unspecified atom stereocenters. The number of nitrogens with one attached hydrogen (secondary N) is 1. The quantitative estimate of drug-likeness (QED) is 0.462. The lowest BCUT2D eigenvalue weighted by atomic mass is 9.97. The number of hydrazone groups is 1. The predicted octanol–water partition coefficient (Wildman–Crippen LogP) is 4.47. The molecule has 8 nitrogen and oxygen atoms in total. The van der Waals surface area contributed by atoms with Crippen LogP contribution in [0.5, 0.6) is 0 Å². The molecule has 3 N–H and O–H groups in total. The van der Waals surface area contributed by atoms with Crippen LogP contribution < -0.4 is 15.9 Å². The maximum Gasteiger partial charge on any atom is 0.121 e. The number of benzene rings is 2. The third-order valence-electron chi connectivity index (χ3n) is 4.13. The normalized spacial score (nSPS) is 12.4. The van der Waals surface area contributed by atoms with Crippen molar-refractivity contribution in [3.05, 3.63) is 64.0 Å². The van der Waals surface area contributed by atoms with Crippen molar-refractivity contribution in [1.82, 2.24) is 0 Å². The van der Waals surface area contributed by atoms with Crippen LogP contribution in [0.2, 0.25) is 0 Å². The molecule has 0 spiro atoms. The minimum Gasteiger partial charge on any atom is -0.769 e. The molecule has 146 valence electrons. The van der Waals surface area contributed by atoms with Crippen molar-refractivity contribution >= 4 is 23.3 Å². The van der Waals surface area contributed by atoms with Crippen molar-refractivity contribution in [1.29, 1.82) is 0 Å². The van der Waals surface area contributed by atoms with Gasteiger partial charge < -0.3 is 15.6 Å². The van der Waals surface area contributed by atoms with E-state index in [0.29, 0.717) is 5.92 Å². The van der Waals surface area contributed by atoms with Gasteiger partial charge in [0.2, 0.25) is 0 Å². The van der Waals surface area contributed by atoms with Gasteiger partial charge in [-0.1, -0.05) is 45.0 Å². The number of nitrogens with zero attached hydrogens (tertiary/aromatic N) is 3. The first-order valence-corrected chi connectivity index (χ1v) is 8.62. The molecule has 0 aliphatic carbocycles. The summed E-state index contributed by atoms with van der Waals surface area (Å²) >= 11 is 0. The van der Waals surface area contributed by atoms with Gasteiger partial charge in [0.1, 0.15) is 5.69 Å². The van der Waals surface area contributed by atoms with Crippen LogP contribution in [-0.4, -0.2) is 16.6 Å². The summed E-state index contributed by atoms with van der Waals surface area (Å²) < 4.78 is 0. The van der Waals surface area contributed by atoms with Gasteiger partial charge >= 0.3 is 0 Å². The number of hydrogen-bond acceptors (Lipinski definition) is 8. The second-order valence-corrected chi connectivity index (χ2v) is 6.72. The molecule has 0 aliphatic rings. The summed E-state index contributed by atoms with van der Waals surface area (Å²) in [6.45, 7) is 6.33. The maximum atomic E-state index is 10.8. The lowest BCUT2D eigenvalue weighted by molar-refractivity contribution is 0.0295. The summed E-state index contributed by atoms with van der Waals surface area (Å²) in [7, 11) is 0. The van der Waals surface area contributed by atoms with Crippen LogP contribution in [0.15, 0.2) is 47.6 Å². The Labute approximate surface area is 158 Å². The summed E-state index contributed by atoms with van der Waals surface area (Å²) in [6, 6.07) is 12.1. The number of rotatable bonds is 8. The predicted molar refractivity (Wildman–Crippen MR) is 107 cm³/mol. The molecule has 8 heteroatoms. The molecule has 0 heterocycles. The van der Waals surface area contributed by atoms with E-state index in [0.717, 1.165) is 12.5 Å². The van der Waals surface area contributed by atoms with E-state index in [9.17, 15) is 20.8 Å². The fraction of sp³-hybridized carbons (Fsp3) is 0.316. The molecule has 2 rings (SSSR count). The topological polar surface area (TPSA) is 117 Å². The van der Waals surface area contributed by atoms with E-state index in [1.165, 1.54) is 23.3 Å². The molecule has 0 saturated carbocycles. The average molecular weight is 372 g/mol. The molecule has 0 amide bonds. The highest BCUT2D eigenvalue weighted by molar-refractivity contribution is 5.74. The molecular weight excluding hydrogens is 348 g/mol. The number of hydrogen-bond donors (Lipinski definition) is 3. The highest BCUT2D eigenvalue weighted by atomic mass is 16.8. The maximum absolute atomic E-state index is 10.8. The molecule has 1 atom stereocenters. The first kappa shape index (κ1) is 20.7. The van der Waals surface area contributed by atoms with Crippen molar-refractivity contribution in [2.24, 2.45) is 11.0 Å². The van der Waals surface area contributed by atoms with Gasteiger partial charge in [-0.2, -0.15) is 5.10 Å². The molecule has 0 radical (unpaired) electrons. The van der Waals surface area contributed by atoms with E-state index >= 15 is 0 Å². The van der Waals surface area contributed by atoms with E-state index < -0.39 is 5.23 Å². The van der Waals surface area contributed by atoms with Gasteiger partial charge in [0, 0.05) is 11.9 Å². The molecule has 2 aromatic rings. The zero-order chi connectivity index (χ0) is 20.0. The molecule has 0 saturated heterocycles. The van der Waals surface area contributed by atoms with E-state index in [1.807, 2.05) is 6.92 Å². The van der Waals surface area contributed by atoms with Crippen LogP contribution in [0.1, 0.15) is 37.8 Å². The van der Waals surface area contributed by atoms with Crippen molar-refractivity contribution in [3.8, 4) is 0 Å². The standard InChI is InChI=1S/C19H24N4O4/c1-13(2)16-6-4-15(5-7-16)10-14(3)12-20-21-18-9-8-17(22(24)25)11-19(18)23(26)27/h4-9,11-14,21,26-27H,10H2,1-3H3/q-2. The van der Waals surface area contributed by atoms with Gasteiger partial charge in [0.15, 0.2) is 0 Å². The molecule has 27 heavy (non-hydrogen) atoms. The van der Waals surface area contributed by atoms with E-state index in [2.05, 4.69) is 48.6 Å². The lowest BCUT2D eigenvalue weighted by Crippen LogP contribution is -2.14. The summed E-state index contributed by atoms with van der Waals surface area (Å²) in [4.78, 5) is 0. The van der Waals surface area contributed by atoms with Crippen LogP contribution >= 0.6 is 0 Å². The fourth-order valence-electron chi connectivity index (χ4n) is 2.59. The zero-order valence-corrected chi connectivity index (χ0v) is 15.5. The molecular formula is C19H24N4O4-2. The van der Waals surface area contributed by atoms with Crippen LogP contribution in [-0.2, 0) is 6.42 Å². The Balaban J connectivity index is 1.99. The summed E-state index contributed by atoms with van der Waals surface area (Å²) in [5, 5.41) is 43.4. The highest BCUT2D eigenvalue weighted by Gasteiger charge is 2.08. The lowest BCUT2D eigenvalue weighted by Gasteiger charge is -2.37. The third kappa shape index (κ3) is 5.93. The summed E-state index contributed by atoms with van der Waals surface area (Å²) in [5.41, 5.74) is 4.99. The van der Waals surface area contributed by atoms with Gasteiger partial charge in [-0.05, 0) is 47.6 Å². The van der Waals surface area contributed by atoms with Crippen molar-refractivity contribution < 1.29 is 10.4 Å². The van der Waals surface area contributed by atoms with E-state index in [4.69, 9.17) is 0 Å². The van der Waals surface area contributed by atoms with Gasteiger partial charge in [-0.3, -0.25) is 15.8 Å². The Morgan fingerprint density at radius 2 is 1.74 bits per heavy atom. The SMILES string of the molecule is CC(C=NNc1ccc(N([O-])[O-])cc1N(O)O)Cc1ccc(C(C)C)cc1. The Hall–Kier alpha value is -2.65. The van der Waals surface area contributed by atoms with E-state index in [-0.39, 0.29) is 28.2 Å². The van der Waals surface area contributed by atoms with Gasteiger partial charge in [0.25, 0.3) is 0 Å². The van der Waals surface area contributed by atoms with Crippen LogP contribution in [0.25, 0.3) is 0 Å². The Morgan fingerprint density at radius 1 is 1.07 bits per heavy atom. The van der Waals surface area contributed by atoms with Crippen LogP contribution in [0, 0.1) is 16.3 Å². The van der Waals surface area contributed by atoms with E-state index in [1.54, 1.807) is 6.21 Å². The number of anilines is 3. The first-order valence-electron chi connectivity index (χ1n) is 8.62. The molecule has 0 aliphatic heterocycles. The largest absolute Gasteiger partial charge is 0.769 e. The van der Waals surface area contributed by atoms with Gasteiger partial charge in [-0.25, -0.2) is 0 Å². The van der Waals surface area contributed by atoms with Crippen LogP contribution in [0.3, 0.4) is 0 Å². The highest BCUT2D eigenvalue weighted by Crippen LogP contribution is 2.29. The first-order chi connectivity index (χ1) is 12.8. The van der Waals surface area contributed by atoms with Crippen molar-refractivity contribution in [2.75, 3.05) is 15.9 Å². The molecule has 2 aromatic carbocycles. The average Bonchev–Trinajstić information content (AvgIpc) is 2.62. The minimum absolute atomic E-state index is 0.142. The minimum atomic E-state index is -0.618. The molecule has 0 fully saturated rings. The summed E-state index contributed by atoms with van der Waals surface area (Å²) in [5.74, 6) is 0.638. The smallest absolute Gasteiger partial charge is 0.121 e. The van der Waals surface area contributed by atoms with Gasteiger partial charge in [-0.15, -0.1) is 5.23 Å². The fourth-order valence-corrected chi connectivity index (χ4v) is 2.59. The second-order valence-electron chi connectivity index (χ2n) is 6.72. The Kier molecular flexibility index (Phi) is 7.14. The van der Waals surface area contributed by atoms with Gasteiger partial charge in [0.05, 0.1) is 5.69 Å². The zero-order valence-electron chi connectivity index (χ0n) is 15.5. The van der Waals surface area contributed by atoms with Crippen molar-refractivity contribution in [3.63, 3.8) is 0 Å².